The molecule has 192 valence electrons. The number of rotatable bonds is 7. The minimum atomic E-state index is -4.57. The van der Waals surface area contributed by atoms with Gasteiger partial charge in [-0.25, -0.2) is 4.98 Å². The number of carbonyl (C=O) groups is 2. The van der Waals surface area contributed by atoms with E-state index < -0.39 is 23.1 Å². The van der Waals surface area contributed by atoms with Gasteiger partial charge in [-0.2, -0.15) is 13.2 Å². The third-order valence-corrected chi connectivity index (χ3v) is 7.14. The molecule has 0 bridgehead atoms. The predicted molar refractivity (Wildman–Crippen MR) is 130 cm³/mol. The third-order valence-electron chi connectivity index (χ3n) is 6.81. The van der Waals surface area contributed by atoms with Crippen molar-refractivity contribution in [1.82, 2.24) is 14.5 Å². The zero-order valence-corrected chi connectivity index (χ0v) is 20.8. The molecule has 0 radical (unpaired) electrons. The molecule has 1 aromatic carbocycles. The highest BCUT2D eigenvalue weighted by Gasteiger charge is 2.34. The molecule has 3 aromatic rings. The van der Waals surface area contributed by atoms with E-state index in [1.165, 1.54) is 6.07 Å². The van der Waals surface area contributed by atoms with Crippen LogP contribution in [0.25, 0.3) is 11.0 Å². The second-order valence-corrected chi connectivity index (χ2v) is 10.2. The highest BCUT2D eigenvalue weighted by atomic mass is 35.5. The first-order valence-electron chi connectivity index (χ1n) is 11.7. The molecule has 6 nitrogen and oxygen atoms in total. The standard InChI is InChI=1S/C26H27ClF3N3O3/c1-25(2,24(35)36)10-3-6-22(34)32-12-9-17-18-5-4-11-31-23(18)33(21(17)15-32)14-16-7-8-20(27)19(13-16)26(28,29)30/h4-5,7-8,11,13H,3,6,9-10,12,14-15H2,1-2H3,(H,35,36). The number of carboxylic acids is 1. The number of amides is 1. The van der Waals surface area contributed by atoms with E-state index >= 15 is 0 Å². The molecule has 36 heavy (non-hydrogen) atoms. The lowest BCUT2D eigenvalue weighted by molar-refractivity contribution is -0.147. The maximum Gasteiger partial charge on any atom is 0.417 e. The SMILES string of the molecule is CC(C)(CCCC(=O)N1CCc2c(n(Cc3ccc(Cl)c(C(F)(F)F)c3)c3ncccc23)C1)C(=O)O. The second-order valence-electron chi connectivity index (χ2n) is 9.81. The molecule has 0 aliphatic carbocycles. The summed E-state index contributed by atoms with van der Waals surface area (Å²) in [4.78, 5) is 30.5. The van der Waals surface area contributed by atoms with Gasteiger partial charge < -0.3 is 14.6 Å². The Kier molecular flexibility index (Phi) is 7.05. The van der Waals surface area contributed by atoms with Crippen LogP contribution < -0.4 is 0 Å². The molecule has 1 amide bonds. The summed E-state index contributed by atoms with van der Waals surface area (Å²) in [5.74, 6) is -0.970. The zero-order chi connectivity index (χ0) is 26.3. The molecule has 1 N–H and O–H groups in total. The van der Waals surface area contributed by atoms with Gasteiger partial charge >= 0.3 is 12.1 Å². The number of nitrogens with zero attached hydrogens (tertiary/aromatic N) is 3. The number of halogens is 4. The summed E-state index contributed by atoms with van der Waals surface area (Å²) in [6.07, 6.45) is -1.25. The Morgan fingerprint density at radius 3 is 2.64 bits per heavy atom. The minimum Gasteiger partial charge on any atom is -0.481 e. The van der Waals surface area contributed by atoms with E-state index in [-0.39, 0.29) is 23.9 Å². The van der Waals surface area contributed by atoms with E-state index in [1.54, 1.807) is 31.0 Å². The first-order valence-corrected chi connectivity index (χ1v) is 12.1. The highest BCUT2D eigenvalue weighted by molar-refractivity contribution is 6.31. The van der Waals surface area contributed by atoms with Crippen molar-refractivity contribution >= 4 is 34.5 Å². The largest absolute Gasteiger partial charge is 0.481 e. The summed E-state index contributed by atoms with van der Waals surface area (Å²) in [6.45, 7) is 4.25. The summed E-state index contributed by atoms with van der Waals surface area (Å²) in [5.41, 5.74) is 1.18. The minimum absolute atomic E-state index is 0.0718. The number of carboxylic acid groups (broad SMARTS) is 1. The van der Waals surface area contributed by atoms with Crippen LogP contribution in [0.1, 0.15) is 55.5 Å². The van der Waals surface area contributed by atoms with Crippen LogP contribution in [0.5, 0.6) is 0 Å². The van der Waals surface area contributed by atoms with E-state index in [2.05, 4.69) is 4.98 Å². The smallest absolute Gasteiger partial charge is 0.417 e. The van der Waals surface area contributed by atoms with Crippen LogP contribution in [0.15, 0.2) is 36.5 Å². The lowest BCUT2D eigenvalue weighted by Gasteiger charge is -2.29. The molecule has 4 rings (SSSR count). The van der Waals surface area contributed by atoms with Crippen LogP contribution in [0, 0.1) is 5.41 Å². The lowest BCUT2D eigenvalue weighted by Crippen LogP contribution is -2.36. The van der Waals surface area contributed by atoms with Crippen molar-refractivity contribution in [3.63, 3.8) is 0 Å². The predicted octanol–water partition coefficient (Wildman–Crippen LogP) is 5.92. The normalized spacial score (nSPS) is 14.2. The van der Waals surface area contributed by atoms with Crippen molar-refractivity contribution in [2.75, 3.05) is 6.54 Å². The van der Waals surface area contributed by atoms with E-state index in [9.17, 15) is 27.9 Å². The van der Waals surface area contributed by atoms with Gasteiger partial charge in [0.15, 0.2) is 0 Å². The van der Waals surface area contributed by atoms with Crippen molar-refractivity contribution in [3.05, 3.63) is 63.9 Å². The second kappa shape index (κ2) is 9.76. The first kappa shape index (κ1) is 26.0. The van der Waals surface area contributed by atoms with Crippen LogP contribution in [0.3, 0.4) is 0 Å². The van der Waals surface area contributed by atoms with Crippen LogP contribution in [-0.2, 0) is 35.3 Å². The van der Waals surface area contributed by atoms with E-state index in [0.29, 0.717) is 43.6 Å². The number of benzene rings is 1. The number of pyridine rings is 1. The van der Waals surface area contributed by atoms with Crippen molar-refractivity contribution in [1.29, 1.82) is 0 Å². The summed E-state index contributed by atoms with van der Waals surface area (Å²) in [7, 11) is 0. The van der Waals surface area contributed by atoms with Crippen molar-refractivity contribution in [2.24, 2.45) is 5.41 Å². The van der Waals surface area contributed by atoms with Crippen LogP contribution >= 0.6 is 11.6 Å². The molecular weight excluding hydrogens is 495 g/mol. The van der Waals surface area contributed by atoms with Gasteiger partial charge in [0.1, 0.15) is 5.65 Å². The topological polar surface area (TPSA) is 75.4 Å². The molecule has 0 spiro atoms. The first-order chi connectivity index (χ1) is 16.9. The molecule has 1 aliphatic heterocycles. The number of alkyl halides is 3. The summed E-state index contributed by atoms with van der Waals surface area (Å²) < 4.78 is 42.1. The summed E-state index contributed by atoms with van der Waals surface area (Å²) in [5, 5.41) is 9.86. The molecule has 10 heteroatoms. The van der Waals surface area contributed by atoms with Crippen LogP contribution in [0.4, 0.5) is 13.2 Å². The Bertz CT molecular complexity index is 1320. The van der Waals surface area contributed by atoms with Gasteiger partial charge in [0.05, 0.1) is 22.5 Å². The fraction of sp³-hybridized carbons (Fsp3) is 0.423. The monoisotopic (exact) mass is 521 g/mol. The van der Waals surface area contributed by atoms with Crippen molar-refractivity contribution in [3.8, 4) is 0 Å². The zero-order valence-electron chi connectivity index (χ0n) is 20.0. The Labute approximate surface area is 211 Å². The molecule has 2 aromatic heterocycles. The summed E-state index contributed by atoms with van der Waals surface area (Å²) >= 11 is 5.80. The summed E-state index contributed by atoms with van der Waals surface area (Å²) in [6, 6.07) is 7.62. The Balaban J connectivity index is 1.60. The molecule has 0 unspecified atom stereocenters. The molecule has 3 heterocycles. The number of hydrogen-bond donors (Lipinski definition) is 1. The number of fused-ring (bicyclic) bond motifs is 3. The van der Waals surface area contributed by atoms with Gasteiger partial charge in [-0.15, -0.1) is 0 Å². The van der Waals surface area contributed by atoms with Gasteiger partial charge in [0.2, 0.25) is 5.91 Å². The van der Waals surface area contributed by atoms with E-state index in [1.807, 2.05) is 16.7 Å². The fourth-order valence-electron chi connectivity index (χ4n) is 4.66. The van der Waals surface area contributed by atoms with Gasteiger partial charge in [-0.1, -0.05) is 17.7 Å². The Morgan fingerprint density at radius 2 is 1.94 bits per heavy atom. The molecule has 0 atom stereocenters. The number of carbonyl (C=O) groups excluding carboxylic acids is 1. The molecule has 0 saturated carbocycles. The van der Waals surface area contributed by atoms with Gasteiger partial charge in [-0.3, -0.25) is 9.59 Å². The third kappa shape index (κ3) is 5.21. The highest BCUT2D eigenvalue weighted by Crippen LogP contribution is 2.36. The average Bonchev–Trinajstić information content (AvgIpc) is 3.12. The van der Waals surface area contributed by atoms with E-state index in [0.717, 1.165) is 22.7 Å². The molecule has 0 fully saturated rings. The molecule has 1 aliphatic rings. The van der Waals surface area contributed by atoms with Crippen LogP contribution in [0.2, 0.25) is 5.02 Å². The Morgan fingerprint density at radius 1 is 1.19 bits per heavy atom. The molecule has 0 saturated heterocycles. The van der Waals surface area contributed by atoms with Gasteiger partial charge in [0.25, 0.3) is 0 Å². The Hall–Kier alpha value is -3.07. The van der Waals surface area contributed by atoms with Gasteiger partial charge in [0, 0.05) is 36.8 Å². The number of hydrogen-bond acceptors (Lipinski definition) is 3. The number of aromatic nitrogens is 2. The quantitative estimate of drug-likeness (QED) is 0.418. The van der Waals surface area contributed by atoms with Gasteiger partial charge in [-0.05, 0) is 68.5 Å². The maximum absolute atomic E-state index is 13.4. The van der Waals surface area contributed by atoms with Crippen molar-refractivity contribution in [2.45, 2.75) is 58.8 Å². The lowest BCUT2D eigenvalue weighted by atomic mass is 9.87. The van der Waals surface area contributed by atoms with Crippen molar-refractivity contribution < 1.29 is 27.9 Å². The van der Waals surface area contributed by atoms with Crippen LogP contribution in [-0.4, -0.2) is 38.0 Å². The number of aliphatic carboxylic acids is 1. The average molecular weight is 522 g/mol. The molecular formula is C26H27ClF3N3O3. The van der Waals surface area contributed by atoms with E-state index in [4.69, 9.17) is 11.6 Å². The maximum atomic E-state index is 13.4. The fourth-order valence-corrected chi connectivity index (χ4v) is 4.89.